The quantitative estimate of drug-likeness (QED) is 0.817. The first-order valence-corrected chi connectivity index (χ1v) is 6.27. The number of nitrogens with zero attached hydrogens (tertiary/aromatic N) is 1. The number of aryl methyl sites for hydroxylation is 1. The Labute approximate surface area is 98.5 Å². The van der Waals surface area contributed by atoms with Crippen molar-refractivity contribution < 1.29 is 0 Å². The van der Waals surface area contributed by atoms with Crippen LogP contribution in [0.15, 0.2) is 18.5 Å². The summed E-state index contributed by atoms with van der Waals surface area (Å²) in [6.45, 7) is 6.87. The predicted octanol–water partition coefficient (Wildman–Crippen LogP) is 3.77. The Balaban J connectivity index is 2.12. The zero-order chi connectivity index (χ0) is 11.6. The van der Waals surface area contributed by atoms with E-state index in [0.29, 0.717) is 11.5 Å². The van der Waals surface area contributed by atoms with Gasteiger partial charge in [-0.2, -0.15) is 0 Å². The van der Waals surface area contributed by atoms with E-state index in [0.717, 1.165) is 0 Å². The molecule has 88 valence electrons. The van der Waals surface area contributed by atoms with Gasteiger partial charge in [0.1, 0.15) is 0 Å². The summed E-state index contributed by atoms with van der Waals surface area (Å²) in [6, 6.07) is 2.68. The van der Waals surface area contributed by atoms with E-state index in [2.05, 4.69) is 37.1 Å². The van der Waals surface area contributed by atoms with Crippen LogP contribution >= 0.6 is 0 Å². The highest BCUT2D eigenvalue weighted by Crippen LogP contribution is 2.37. The van der Waals surface area contributed by atoms with E-state index in [4.69, 9.17) is 0 Å². The molecule has 1 aromatic rings. The predicted molar refractivity (Wildman–Crippen MR) is 68.6 cm³/mol. The summed E-state index contributed by atoms with van der Waals surface area (Å²) in [5.74, 6) is 0. The number of hydrogen-bond donors (Lipinski definition) is 1. The first-order chi connectivity index (χ1) is 7.59. The largest absolute Gasteiger partial charge is 0.381 e. The van der Waals surface area contributed by atoms with Gasteiger partial charge >= 0.3 is 0 Å². The van der Waals surface area contributed by atoms with Gasteiger partial charge in [0.25, 0.3) is 0 Å². The summed E-state index contributed by atoms with van der Waals surface area (Å²) in [7, 11) is 0. The van der Waals surface area contributed by atoms with Crippen LogP contribution in [0.2, 0.25) is 0 Å². The summed E-state index contributed by atoms with van der Waals surface area (Å²) in [6.07, 6.45) is 9.14. The highest BCUT2D eigenvalue weighted by molar-refractivity contribution is 5.49. The van der Waals surface area contributed by atoms with Gasteiger partial charge in [-0.25, -0.2) is 0 Å². The minimum absolute atomic E-state index is 0.411. The first-order valence-electron chi connectivity index (χ1n) is 6.27. The van der Waals surface area contributed by atoms with Gasteiger partial charge in [0.05, 0.1) is 0 Å². The van der Waals surface area contributed by atoms with Gasteiger partial charge in [-0.05, 0) is 36.8 Å². The Hall–Kier alpha value is -1.05. The van der Waals surface area contributed by atoms with Gasteiger partial charge in [0, 0.05) is 24.1 Å². The number of aromatic nitrogens is 1. The number of anilines is 1. The fourth-order valence-corrected chi connectivity index (χ4v) is 2.58. The third-order valence-corrected chi connectivity index (χ3v) is 3.86. The Morgan fingerprint density at radius 2 is 2.19 bits per heavy atom. The molecule has 0 spiro atoms. The van der Waals surface area contributed by atoms with Gasteiger partial charge in [-0.15, -0.1) is 0 Å². The second kappa shape index (κ2) is 4.44. The van der Waals surface area contributed by atoms with Crippen LogP contribution in [-0.2, 0) is 0 Å². The van der Waals surface area contributed by atoms with Gasteiger partial charge in [0.15, 0.2) is 0 Å². The van der Waals surface area contributed by atoms with Crippen LogP contribution in [0.4, 0.5) is 5.69 Å². The van der Waals surface area contributed by atoms with Gasteiger partial charge in [0.2, 0.25) is 0 Å². The Morgan fingerprint density at radius 1 is 1.38 bits per heavy atom. The topological polar surface area (TPSA) is 24.9 Å². The molecule has 1 heterocycles. The van der Waals surface area contributed by atoms with E-state index in [9.17, 15) is 0 Å². The Kier molecular flexibility index (Phi) is 3.17. The average molecular weight is 218 g/mol. The molecule has 0 aliphatic heterocycles. The van der Waals surface area contributed by atoms with Crippen LogP contribution in [0.25, 0.3) is 0 Å². The fraction of sp³-hybridized carbons (Fsp3) is 0.643. The summed E-state index contributed by atoms with van der Waals surface area (Å²) < 4.78 is 0. The van der Waals surface area contributed by atoms with Crippen molar-refractivity contribution in [2.75, 3.05) is 5.32 Å². The van der Waals surface area contributed by atoms with Crippen LogP contribution in [-0.4, -0.2) is 11.0 Å². The molecule has 0 bridgehead atoms. The Bertz CT molecular complexity index is 358. The zero-order valence-electron chi connectivity index (χ0n) is 10.6. The third kappa shape index (κ3) is 2.37. The monoisotopic (exact) mass is 218 g/mol. The number of pyridine rings is 1. The minimum atomic E-state index is 0.411. The molecule has 0 radical (unpaired) electrons. The molecule has 0 aromatic carbocycles. The summed E-state index contributed by atoms with van der Waals surface area (Å²) in [4.78, 5) is 4.13. The SMILES string of the molecule is Cc1cnccc1NC1CCCCC1(C)C. The maximum Gasteiger partial charge on any atom is 0.0403 e. The van der Waals surface area contributed by atoms with Crippen LogP contribution in [0, 0.1) is 12.3 Å². The number of nitrogens with one attached hydrogen (secondary N) is 1. The molecular weight excluding hydrogens is 196 g/mol. The maximum atomic E-state index is 4.13. The molecule has 1 N–H and O–H groups in total. The molecule has 2 rings (SSSR count). The lowest BCUT2D eigenvalue weighted by Crippen LogP contribution is -2.39. The van der Waals surface area contributed by atoms with E-state index < -0.39 is 0 Å². The minimum Gasteiger partial charge on any atom is -0.381 e. The molecule has 0 saturated heterocycles. The first kappa shape index (κ1) is 11.4. The van der Waals surface area contributed by atoms with Crippen molar-refractivity contribution in [3.63, 3.8) is 0 Å². The number of hydrogen-bond acceptors (Lipinski definition) is 2. The molecule has 1 aliphatic rings. The van der Waals surface area contributed by atoms with Gasteiger partial charge < -0.3 is 5.32 Å². The Morgan fingerprint density at radius 3 is 2.88 bits per heavy atom. The highest BCUT2D eigenvalue weighted by atomic mass is 14.9. The van der Waals surface area contributed by atoms with Crippen molar-refractivity contribution in [3.8, 4) is 0 Å². The standard InChI is InChI=1S/C14H22N2/c1-11-10-15-9-7-12(11)16-13-6-4-5-8-14(13,2)3/h7,9-10,13H,4-6,8H2,1-3H3,(H,15,16). The summed E-state index contributed by atoms with van der Waals surface area (Å²) in [5, 5.41) is 3.70. The van der Waals surface area contributed by atoms with Crippen LogP contribution in [0.1, 0.15) is 45.1 Å². The maximum absolute atomic E-state index is 4.13. The molecule has 1 aliphatic carbocycles. The lowest BCUT2D eigenvalue weighted by atomic mass is 9.73. The molecule has 0 amide bonds. The summed E-state index contributed by atoms with van der Waals surface area (Å²) in [5.41, 5.74) is 2.90. The molecular formula is C14H22N2. The van der Waals surface area contributed by atoms with Crippen molar-refractivity contribution in [1.29, 1.82) is 0 Å². The summed E-state index contributed by atoms with van der Waals surface area (Å²) >= 11 is 0. The van der Waals surface area contributed by atoms with Crippen molar-refractivity contribution in [3.05, 3.63) is 24.0 Å². The fourth-order valence-electron chi connectivity index (χ4n) is 2.58. The lowest BCUT2D eigenvalue weighted by Gasteiger charge is -2.39. The van der Waals surface area contributed by atoms with Crippen molar-refractivity contribution in [2.45, 2.75) is 52.5 Å². The molecule has 2 nitrogen and oxygen atoms in total. The van der Waals surface area contributed by atoms with Crippen molar-refractivity contribution in [1.82, 2.24) is 4.98 Å². The second-order valence-electron chi connectivity index (χ2n) is 5.62. The van der Waals surface area contributed by atoms with Crippen LogP contribution < -0.4 is 5.32 Å². The van der Waals surface area contributed by atoms with E-state index in [1.165, 1.54) is 36.9 Å². The lowest BCUT2D eigenvalue weighted by molar-refractivity contribution is 0.217. The molecule has 1 saturated carbocycles. The normalized spacial score (nSPS) is 24.1. The van der Waals surface area contributed by atoms with Crippen molar-refractivity contribution >= 4 is 5.69 Å². The highest BCUT2D eigenvalue weighted by Gasteiger charge is 2.32. The molecule has 1 atom stereocenters. The molecule has 1 aromatic heterocycles. The zero-order valence-corrected chi connectivity index (χ0v) is 10.6. The van der Waals surface area contributed by atoms with Crippen LogP contribution in [0.5, 0.6) is 0 Å². The van der Waals surface area contributed by atoms with Gasteiger partial charge in [-0.1, -0.05) is 26.7 Å². The molecule has 1 unspecified atom stereocenters. The third-order valence-electron chi connectivity index (χ3n) is 3.86. The van der Waals surface area contributed by atoms with Crippen LogP contribution in [0.3, 0.4) is 0 Å². The van der Waals surface area contributed by atoms with E-state index in [-0.39, 0.29) is 0 Å². The van der Waals surface area contributed by atoms with Gasteiger partial charge in [-0.3, -0.25) is 4.98 Å². The van der Waals surface area contributed by atoms with E-state index >= 15 is 0 Å². The van der Waals surface area contributed by atoms with Crippen molar-refractivity contribution in [2.24, 2.45) is 5.41 Å². The average Bonchev–Trinajstić information content (AvgIpc) is 2.24. The molecule has 16 heavy (non-hydrogen) atoms. The molecule has 1 fully saturated rings. The molecule has 2 heteroatoms. The smallest absolute Gasteiger partial charge is 0.0403 e. The number of rotatable bonds is 2. The van der Waals surface area contributed by atoms with E-state index in [1.54, 1.807) is 0 Å². The van der Waals surface area contributed by atoms with E-state index in [1.807, 2.05) is 12.4 Å². The second-order valence-corrected chi connectivity index (χ2v) is 5.62.